The van der Waals surface area contributed by atoms with E-state index in [1.54, 1.807) is 13.8 Å². The van der Waals surface area contributed by atoms with Crippen molar-refractivity contribution in [3.8, 4) is 0 Å². The number of hydrogen-bond acceptors (Lipinski definition) is 2. The number of nitrogens with zero attached hydrogens (tertiary/aromatic N) is 1. The van der Waals surface area contributed by atoms with Crippen molar-refractivity contribution in [1.29, 1.82) is 0 Å². The molecular formula is C10H18N2O2. The van der Waals surface area contributed by atoms with E-state index in [0.29, 0.717) is 0 Å². The zero-order valence-corrected chi connectivity index (χ0v) is 9.20. The predicted octanol–water partition coefficient (Wildman–Crippen LogP) is 1.53. The van der Waals surface area contributed by atoms with E-state index >= 15 is 0 Å². The molecule has 0 heterocycles. The number of amides is 3. The summed E-state index contributed by atoms with van der Waals surface area (Å²) in [4.78, 5) is 24.0. The van der Waals surface area contributed by atoms with Crippen LogP contribution in [0.15, 0.2) is 12.7 Å². The molecule has 1 N–H and O–H groups in total. The standard InChI is InChI=1S/C10H18N2O2/c1-6-9(13)12(8(4)5)10(14)11-7(2)3/h6-8H,1H2,2-5H3,(H,11,14). The Morgan fingerprint density at radius 2 is 1.79 bits per heavy atom. The van der Waals surface area contributed by atoms with Crippen LogP contribution in [0.5, 0.6) is 0 Å². The van der Waals surface area contributed by atoms with Crippen LogP contribution in [0, 0.1) is 0 Å². The third-order valence-electron chi connectivity index (χ3n) is 1.56. The molecule has 0 unspecified atom stereocenters. The molecule has 0 aliphatic carbocycles. The Labute approximate surface area is 85.0 Å². The highest BCUT2D eigenvalue weighted by molar-refractivity contribution is 6.00. The van der Waals surface area contributed by atoms with Crippen molar-refractivity contribution in [1.82, 2.24) is 10.2 Å². The Morgan fingerprint density at radius 1 is 1.29 bits per heavy atom. The Hall–Kier alpha value is -1.32. The molecule has 0 rings (SSSR count). The Bertz CT molecular complexity index is 234. The maximum Gasteiger partial charge on any atom is 0.324 e. The molecule has 3 amide bonds. The molecule has 0 fully saturated rings. The monoisotopic (exact) mass is 198 g/mol. The van der Waals surface area contributed by atoms with Gasteiger partial charge in [0.15, 0.2) is 0 Å². The zero-order valence-electron chi connectivity index (χ0n) is 9.20. The van der Waals surface area contributed by atoms with Crippen molar-refractivity contribution in [3.05, 3.63) is 12.7 Å². The summed E-state index contributed by atoms with van der Waals surface area (Å²) < 4.78 is 0. The SMILES string of the molecule is C=CC(=O)N(C(=O)NC(C)C)C(C)C. The molecule has 0 aliphatic rings. The van der Waals surface area contributed by atoms with Gasteiger partial charge >= 0.3 is 6.03 Å². The number of hydrogen-bond donors (Lipinski definition) is 1. The third kappa shape index (κ3) is 3.60. The normalized spacial score (nSPS) is 10.1. The van der Waals surface area contributed by atoms with E-state index in [2.05, 4.69) is 11.9 Å². The van der Waals surface area contributed by atoms with Gasteiger partial charge in [0, 0.05) is 12.1 Å². The second-order valence-electron chi connectivity index (χ2n) is 3.61. The van der Waals surface area contributed by atoms with Crippen LogP contribution in [0.25, 0.3) is 0 Å². The van der Waals surface area contributed by atoms with Crippen LogP contribution in [-0.4, -0.2) is 28.9 Å². The van der Waals surface area contributed by atoms with Crippen molar-refractivity contribution < 1.29 is 9.59 Å². The fourth-order valence-corrected chi connectivity index (χ4v) is 1.00. The molecule has 0 aromatic rings. The highest BCUT2D eigenvalue weighted by Gasteiger charge is 2.22. The number of carbonyl (C=O) groups is 2. The molecule has 4 nitrogen and oxygen atoms in total. The minimum atomic E-state index is -0.377. The van der Waals surface area contributed by atoms with Crippen LogP contribution >= 0.6 is 0 Å². The smallest absolute Gasteiger partial charge is 0.324 e. The van der Waals surface area contributed by atoms with Crippen LogP contribution in [0.1, 0.15) is 27.7 Å². The predicted molar refractivity (Wildman–Crippen MR) is 55.8 cm³/mol. The average molecular weight is 198 g/mol. The number of nitrogens with one attached hydrogen (secondary N) is 1. The first-order chi connectivity index (χ1) is 6.40. The van der Waals surface area contributed by atoms with Gasteiger partial charge in [-0.1, -0.05) is 6.58 Å². The lowest BCUT2D eigenvalue weighted by Gasteiger charge is -2.24. The van der Waals surface area contributed by atoms with E-state index < -0.39 is 0 Å². The van der Waals surface area contributed by atoms with E-state index in [1.165, 1.54) is 0 Å². The molecule has 0 atom stereocenters. The second-order valence-corrected chi connectivity index (χ2v) is 3.61. The van der Waals surface area contributed by atoms with Crippen molar-refractivity contribution >= 4 is 11.9 Å². The summed E-state index contributed by atoms with van der Waals surface area (Å²) in [5.74, 6) is -0.377. The van der Waals surface area contributed by atoms with Gasteiger partial charge in [0.1, 0.15) is 0 Å². The fraction of sp³-hybridized carbons (Fsp3) is 0.600. The Balaban J connectivity index is 4.58. The lowest BCUT2D eigenvalue weighted by Crippen LogP contribution is -2.48. The molecule has 0 aromatic heterocycles. The van der Waals surface area contributed by atoms with Gasteiger partial charge in [0.05, 0.1) is 0 Å². The van der Waals surface area contributed by atoms with Crippen molar-refractivity contribution in [2.75, 3.05) is 0 Å². The van der Waals surface area contributed by atoms with Gasteiger partial charge in [-0.05, 0) is 33.8 Å². The maximum atomic E-state index is 11.5. The lowest BCUT2D eigenvalue weighted by molar-refractivity contribution is -0.124. The van der Waals surface area contributed by atoms with Crippen molar-refractivity contribution in [2.24, 2.45) is 0 Å². The van der Waals surface area contributed by atoms with E-state index in [4.69, 9.17) is 0 Å². The van der Waals surface area contributed by atoms with E-state index in [0.717, 1.165) is 11.0 Å². The second kappa shape index (κ2) is 5.42. The number of carbonyl (C=O) groups excluding carboxylic acids is 2. The van der Waals surface area contributed by atoms with Crippen LogP contribution in [0.4, 0.5) is 4.79 Å². The van der Waals surface area contributed by atoms with Gasteiger partial charge in [-0.3, -0.25) is 9.69 Å². The Morgan fingerprint density at radius 3 is 2.07 bits per heavy atom. The van der Waals surface area contributed by atoms with Crippen LogP contribution in [-0.2, 0) is 4.79 Å². The summed E-state index contributed by atoms with van der Waals surface area (Å²) in [6.07, 6.45) is 1.14. The molecular weight excluding hydrogens is 180 g/mol. The van der Waals surface area contributed by atoms with Gasteiger partial charge in [-0.15, -0.1) is 0 Å². The summed E-state index contributed by atoms with van der Waals surface area (Å²) in [7, 11) is 0. The first-order valence-electron chi connectivity index (χ1n) is 4.66. The van der Waals surface area contributed by atoms with Crippen LogP contribution in [0.3, 0.4) is 0 Å². The van der Waals surface area contributed by atoms with E-state index in [1.807, 2.05) is 13.8 Å². The fourth-order valence-electron chi connectivity index (χ4n) is 1.00. The third-order valence-corrected chi connectivity index (χ3v) is 1.56. The molecule has 4 heteroatoms. The van der Waals surface area contributed by atoms with Gasteiger partial charge in [0.2, 0.25) is 0 Å². The van der Waals surface area contributed by atoms with Gasteiger partial charge in [-0.25, -0.2) is 4.79 Å². The first kappa shape index (κ1) is 12.7. The first-order valence-corrected chi connectivity index (χ1v) is 4.66. The largest absolute Gasteiger partial charge is 0.335 e. The summed E-state index contributed by atoms with van der Waals surface area (Å²) in [5, 5.41) is 2.66. The summed E-state index contributed by atoms with van der Waals surface area (Å²) >= 11 is 0. The molecule has 0 saturated carbocycles. The molecule has 14 heavy (non-hydrogen) atoms. The van der Waals surface area contributed by atoms with Crippen LogP contribution in [0.2, 0.25) is 0 Å². The summed E-state index contributed by atoms with van der Waals surface area (Å²) in [6, 6.07) is -0.527. The van der Waals surface area contributed by atoms with Crippen molar-refractivity contribution in [2.45, 2.75) is 39.8 Å². The molecule has 0 radical (unpaired) electrons. The number of imide groups is 1. The van der Waals surface area contributed by atoms with Gasteiger partial charge in [0.25, 0.3) is 5.91 Å². The number of urea groups is 1. The minimum Gasteiger partial charge on any atom is -0.335 e. The molecule has 0 aromatic carbocycles. The Kier molecular flexibility index (Phi) is 4.91. The zero-order chi connectivity index (χ0) is 11.3. The van der Waals surface area contributed by atoms with Gasteiger partial charge in [-0.2, -0.15) is 0 Å². The number of rotatable bonds is 3. The topological polar surface area (TPSA) is 49.4 Å². The summed E-state index contributed by atoms with van der Waals surface area (Å²) in [6.45, 7) is 10.6. The molecule has 0 aliphatic heterocycles. The molecule has 0 spiro atoms. The quantitative estimate of drug-likeness (QED) is 0.699. The maximum absolute atomic E-state index is 11.5. The van der Waals surface area contributed by atoms with E-state index in [9.17, 15) is 9.59 Å². The molecule has 80 valence electrons. The molecule has 0 saturated heterocycles. The van der Waals surface area contributed by atoms with Gasteiger partial charge < -0.3 is 5.32 Å². The lowest BCUT2D eigenvalue weighted by atomic mass is 10.3. The molecule has 0 bridgehead atoms. The minimum absolute atomic E-state index is 0.0152. The van der Waals surface area contributed by atoms with Crippen LogP contribution < -0.4 is 5.32 Å². The average Bonchev–Trinajstić information content (AvgIpc) is 2.01. The van der Waals surface area contributed by atoms with Crippen molar-refractivity contribution in [3.63, 3.8) is 0 Å². The summed E-state index contributed by atoms with van der Waals surface area (Å²) in [5.41, 5.74) is 0. The highest BCUT2D eigenvalue weighted by Crippen LogP contribution is 2.01. The highest BCUT2D eigenvalue weighted by atomic mass is 16.2. The van der Waals surface area contributed by atoms with E-state index in [-0.39, 0.29) is 24.0 Å².